The van der Waals surface area contributed by atoms with Crippen LogP contribution >= 0.6 is 0 Å². The van der Waals surface area contributed by atoms with Crippen LogP contribution in [-0.2, 0) is 9.53 Å². The van der Waals surface area contributed by atoms with Crippen LogP contribution in [0.4, 0.5) is 0 Å². The number of ether oxygens (including phenoxy) is 1. The van der Waals surface area contributed by atoms with Gasteiger partial charge in [0.2, 0.25) is 0 Å². The van der Waals surface area contributed by atoms with Crippen molar-refractivity contribution in [1.29, 1.82) is 0 Å². The molecule has 0 amide bonds. The number of nitrogens with zero attached hydrogens (tertiary/aromatic N) is 1. The van der Waals surface area contributed by atoms with Gasteiger partial charge in [-0.25, -0.2) is 0 Å². The molecule has 0 heterocycles. The third kappa shape index (κ3) is 3.17. The lowest BCUT2D eigenvalue weighted by atomic mass is 9.78. The molecule has 2 fully saturated rings. The smallest absolute Gasteiger partial charge is 0.326 e. The first-order valence-electron chi connectivity index (χ1n) is 8.09. The molecule has 0 bridgehead atoms. The minimum atomic E-state index is -0.468. The minimum absolute atomic E-state index is 0.0866. The highest BCUT2D eigenvalue weighted by atomic mass is 16.5. The number of hydrogen-bond donors (Lipinski definition) is 1. The third-order valence-electron chi connectivity index (χ3n) is 5.34. The highest BCUT2D eigenvalue weighted by Gasteiger charge is 2.45. The second kappa shape index (κ2) is 6.44. The van der Waals surface area contributed by atoms with E-state index in [1.807, 2.05) is 0 Å². The van der Waals surface area contributed by atoms with E-state index in [9.17, 15) is 4.79 Å². The Bertz CT molecular complexity index is 339. The molecule has 1 N–H and O–H groups in total. The number of esters is 1. The fraction of sp³-hybridized carbons (Fsp3) is 0.938. The van der Waals surface area contributed by atoms with E-state index in [0.717, 1.165) is 31.7 Å². The van der Waals surface area contributed by atoms with Crippen molar-refractivity contribution < 1.29 is 9.53 Å². The summed E-state index contributed by atoms with van der Waals surface area (Å²) in [5.74, 6) is 0.783. The molecule has 20 heavy (non-hydrogen) atoms. The van der Waals surface area contributed by atoms with Gasteiger partial charge in [0.25, 0.3) is 0 Å². The van der Waals surface area contributed by atoms with Crippen LogP contribution in [-0.4, -0.2) is 49.2 Å². The summed E-state index contributed by atoms with van der Waals surface area (Å²) in [6, 6.07) is 1.12. The zero-order chi connectivity index (χ0) is 14.8. The lowest BCUT2D eigenvalue weighted by Crippen LogP contribution is -2.59. The summed E-state index contributed by atoms with van der Waals surface area (Å²) in [6.07, 6.45) is 6.80. The maximum Gasteiger partial charge on any atom is 0.326 e. The lowest BCUT2D eigenvalue weighted by Gasteiger charge is -2.44. The molecule has 116 valence electrons. The van der Waals surface area contributed by atoms with Gasteiger partial charge in [-0.1, -0.05) is 6.92 Å². The number of likely N-dealkylation sites (N-methyl/N-ethyl adjacent to an activating group) is 1. The van der Waals surface area contributed by atoms with E-state index in [0.29, 0.717) is 12.1 Å². The van der Waals surface area contributed by atoms with Gasteiger partial charge in [-0.3, -0.25) is 4.79 Å². The van der Waals surface area contributed by atoms with Gasteiger partial charge in [-0.15, -0.1) is 0 Å². The molecular weight excluding hydrogens is 252 g/mol. The molecule has 2 aliphatic rings. The standard InChI is InChI=1S/C16H30N2O2/c1-5-17-16(15(19)20-4)10-6-7-14(11-16)18(3)12(2)13-8-9-13/h12-14,17H,5-11H2,1-4H3. The van der Waals surface area contributed by atoms with Crippen LogP contribution in [0.25, 0.3) is 0 Å². The fourth-order valence-electron chi connectivity index (χ4n) is 3.79. The molecule has 0 aromatic heterocycles. The Kier molecular flexibility index (Phi) is 5.08. The molecule has 3 unspecified atom stereocenters. The lowest BCUT2D eigenvalue weighted by molar-refractivity contribution is -0.151. The SMILES string of the molecule is CCNC1(C(=O)OC)CCCC(N(C)C(C)C2CC2)C1. The Morgan fingerprint density at radius 1 is 1.45 bits per heavy atom. The van der Waals surface area contributed by atoms with E-state index < -0.39 is 5.54 Å². The zero-order valence-electron chi connectivity index (χ0n) is 13.4. The van der Waals surface area contributed by atoms with Crippen LogP contribution in [0.5, 0.6) is 0 Å². The van der Waals surface area contributed by atoms with Gasteiger partial charge < -0.3 is 15.0 Å². The molecule has 0 aromatic rings. The molecule has 0 aliphatic heterocycles. The Balaban J connectivity index is 2.06. The van der Waals surface area contributed by atoms with Crippen molar-refractivity contribution in [2.75, 3.05) is 20.7 Å². The van der Waals surface area contributed by atoms with Gasteiger partial charge in [-0.2, -0.15) is 0 Å². The first-order chi connectivity index (χ1) is 9.54. The van der Waals surface area contributed by atoms with E-state index in [4.69, 9.17) is 4.74 Å². The summed E-state index contributed by atoms with van der Waals surface area (Å²) in [4.78, 5) is 14.8. The molecule has 0 spiro atoms. The number of carbonyl (C=O) groups excluding carboxylic acids is 1. The van der Waals surface area contributed by atoms with Crippen LogP contribution in [0.2, 0.25) is 0 Å². The number of hydrogen-bond acceptors (Lipinski definition) is 4. The van der Waals surface area contributed by atoms with Crippen molar-refractivity contribution in [3.05, 3.63) is 0 Å². The normalized spacial score (nSPS) is 32.1. The molecule has 0 saturated heterocycles. The van der Waals surface area contributed by atoms with Gasteiger partial charge in [0, 0.05) is 12.1 Å². The van der Waals surface area contributed by atoms with Crippen LogP contribution in [0, 0.1) is 5.92 Å². The first-order valence-corrected chi connectivity index (χ1v) is 8.09. The predicted molar refractivity (Wildman–Crippen MR) is 80.6 cm³/mol. The summed E-state index contributed by atoms with van der Waals surface area (Å²) in [6.45, 7) is 5.20. The third-order valence-corrected chi connectivity index (χ3v) is 5.34. The van der Waals surface area contributed by atoms with Crippen molar-refractivity contribution in [1.82, 2.24) is 10.2 Å². The van der Waals surface area contributed by atoms with Gasteiger partial charge in [-0.05, 0) is 65.0 Å². The van der Waals surface area contributed by atoms with Gasteiger partial charge in [0.1, 0.15) is 5.54 Å². The first kappa shape index (κ1) is 15.8. The Hall–Kier alpha value is -0.610. The molecule has 0 aromatic carbocycles. The number of methoxy groups -OCH3 is 1. The number of carbonyl (C=O) groups is 1. The average molecular weight is 282 g/mol. The number of nitrogens with one attached hydrogen (secondary N) is 1. The van der Waals surface area contributed by atoms with Gasteiger partial charge >= 0.3 is 5.97 Å². The van der Waals surface area contributed by atoms with Crippen molar-refractivity contribution in [2.45, 2.75) is 70.0 Å². The van der Waals surface area contributed by atoms with Crippen molar-refractivity contribution >= 4 is 5.97 Å². The number of rotatable bonds is 6. The van der Waals surface area contributed by atoms with E-state index in [1.165, 1.54) is 26.4 Å². The van der Waals surface area contributed by atoms with E-state index in [2.05, 4.69) is 31.1 Å². The maximum absolute atomic E-state index is 12.3. The monoisotopic (exact) mass is 282 g/mol. The van der Waals surface area contributed by atoms with E-state index in [-0.39, 0.29) is 5.97 Å². The molecular formula is C16H30N2O2. The predicted octanol–water partition coefficient (Wildman–Crippen LogP) is 2.18. The highest BCUT2D eigenvalue weighted by Crippen LogP contribution is 2.38. The zero-order valence-corrected chi connectivity index (χ0v) is 13.4. The van der Waals surface area contributed by atoms with Crippen LogP contribution in [0.15, 0.2) is 0 Å². The second-order valence-electron chi connectivity index (χ2n) is 6.60. The largest absolute Gasteiger partial charge is 0.468 e. The van der Waals surface area contributed by atoms with Crippen molar-refractivity contribution in [3.8, 4) is 0 Å². The van der Waals surface area contributed by atoms with Crippen LogP contribution in [0.3, 0.4) is 0 Å². The minimum Gasteiger partial charge on any atom is -0.468 e. The summed E-state index contributed by atoms with van der Waals surface area (Å²) in [5.41, 5.74) is -0.468. The quantitative estimate of drug-likeness (QED) is 0.758. The molecule has 3 atom stereocenters. The van der Waals surface area contributed by atoms with Crippen LogP contribution in [0.1, 0.15) is 52.4 Å². The van der Waals surface area contributed by atoms with Crippen molar-refractivity contribution in [3.63, 3.8) is 0 Å². The Morgan fingerprint density at radius 2 is 2.15 bits per heavy atom. The summed E-state index contributed by atoms with van der Waals surface area (Å²) in [5, 5.41) is 3.42. The molecule has 4 nitrogen and oxygen atoms in total. The molecule has 2 rings (SSSR count). The molecule has 2 saturated carbocycles. The van der Waals surface area contributed by atoms with E-state index in [1.54, 1.807) is 0 Å². The maximum atomic E-state index is 12.3. The second-order valence-corrected chi connectivity index (χ2v) is 6.60. The Morgan fingerprint density at radius 3 is 2.70 bits per heavy atom. The van der Waals surface area contributed by atoms with Gasteiger partial charge in [0.05, 0.1) is 7.11 Å². The van der Waals surface area contributed by atoms with Gasteiger partial charge in [0.15, 0.2) is 0 Å². The van der Waals surface area contributed by atoms with Crippen LogP contribution < -0.4 is 5.32 Å². The molecule has 2 aliphatic carbocycles. The van der Waals surface area contributed by atoms with E-state index >= 15 is 0 Å². The van der Waals surface area contributed by atoms with Crippen molar-refractivity contribution in [2.24, 2.45) is 5.92 Å². The summed E-state index contributed by atoms with van der Waals surface area (Å²) < 4.78 is 5.07. The highest BCUT2D eigenvalue weighted by molar-refractivity contribution is 5.81. The summed E-state index contributed by atoms with van der Waals surface area (Å²) >= 11 is 0. The topological polar surface area (TPSA) is 41.6 Å². The summed E-state index contributed by atoms with van der Waals surface area (Å²) in [7, 11) is 3.73. The molecule has 4 heteroatoms. The fourth-order valence-corrected chi connectivity index (χ4v) is 3.79. The molecule has 0 radical (unpaired) electrons. The average Bonchev–Trinajstić information content (AvgIpc) is 3.30. The Labute approximate surface area is 123 Å².